The van der Waals surface area contributed by atoms with Gasteiger partial charge in [0.25, 0.3) is 0 Å². The summed E-state index contributed by atoms with van der Waals surface area (Å²) in [6.07, 6.45) is 33.0. The topological polar surface area (TPSA) is 484 Å². The van der Waals surface area contributed by atoms with E-state index >= 15 is 0 Å². The number of carbonyl (C=O) groups is 10. The van der Waals surface area contributed by atoms with Crippen LogP contribution in [-0.4, -0.2) is 257 Å². The summed E-state index contributed by atoms with van der Waals surface area (Å²) in [6, 6.07) is 0. The van der Waals surface area contributed by atoms with Gasteiger partial charge in [-0.05, 0) is 367 Å². The number of hydrogen-bond acceptors (Lipinski definition) is 30. The first kappa shape index (κ1) is 102. The first-order valence-electron chi connectivity index (χ1n) is 56.1. The largest absolute Gasteiger partial charge is 0.481 e. The van der Waals surface area contributed by atoms with Crippen LogP contribution in [0.5, 0.6) is 0 Å². The molecule has 0 aromatic heterocycles. The van der Waals surface area contributed by atoms with Crippen LogP contribution in [0.4, 0.5) is 0 Å². The first-order valence-corrected chi connectivity index (χ1v) is 58.0. The van der Waals surface area contributed by atoms with Crippen LogP contribution in [0.3, 0.4) is 0 Å². The lowest BCUT2D eigenvalue weighted by Crippen LogP contribution is -2.66. The first-order chi connectivity index (χ1) is 68.7. The second-order valence-electron chi connectivity index (χ2n) is 53.2. The van der Waals surface area contributed by atoms with Crippen molar-refractivity contribution in [2.75, 3.05) is 71.0 Å². The molecule has 4 spiro atoms. The van der Waals surface area contributed by atoms with Gasteiger partial charge in [0.2, 0.25) is 0 Å². The molecule has 32 rings (SSSR count). The van der Waals surface area contributed by atoms with E-state index in [-0.39, 0.29) is 169 Å². The van der Waals surface area contributed by atoms with E-state index in [9.17, 15) is 99.0 Å². The monoisotopic (exact) mass is 2050 g/mol. The smallest absolute Gasteiger partial charge is 0.312 e. The number of hydrogen-bond donors (Lipinski definition) is 10. The fourth-order valence-corrected chi connectivity index (χ4v) is 41.7. The van der Waals surface area contributed by atoms with Crippen molar-refractivity contribution >= 4 is 83.2 Å². The maximum atomic E-state index is 14.1. The van der Waals surface area contributed by atoms with Crippen molar-refractivity contribution in [2.45, 2.75) is 384 Å². The Hall–Kier alpha value is -5.08. The van der Waals surface area contributed by atoms with Gasteiger partial charge in [-0.15, -0.1) is 23.5 Å². The molecule has 32 aliphatic rings. The van der Waals surface area contributed by atoms with E-state index in [0.717, 1.165) is 148 Å². The second kappa shape index (κ2) is 38.3. The predicted octanol–water partition coefficient (Wildman–Crippen LogP) is 12.8. The molecule has 0 aromatic rings. The molecule has 15 atom stereocenters. The molecule has 0 aromatic carbocycles. The molecule has 28 aliphatic carbocycles. The number of carbonyl (C=O) groups excluding carboxylic acids is 6. The van der Waals surface area contributed by atoms with Crippen LogP contribution in [0.2, 0.25) is 0 Å². The van der Waals surface area contributed by atoms with Crippen molar-refractivity contribution in [3.05, 3.63) is 0 Å². The molecule has 144 heavy (non-hydrogen) atoms. The number of ether oxygens (including phenoxy) is 12. The van der Waals surface area contributed by atoms with Gasteiger partial charge in [-0.25, -0.2) is 0 Å². The Morgan fingerprint density at radius 2 is 0.569 bits per heavy atom. The van der Waals surface area contributed by atoms with Crippen molar-refractivity contribution in [1.29, 1.82) is 0 Å². The Morgan fingerprint density at radius 3 is 0.896 bits per heavy atom. The summed E-state index contributed by atoms with van der Waals surface area (Å²) in [7, 11) is 0. The van der Waals surface area contributed by atoms with Gasteiger partial charge >= 0.3 is 59.7 Å². The molecule has 0 radical (unpaired) electrons. The van der Waals surface area contributed by atoms with E-state index < -0.39 is 103 Å². The van der Waals surface area contributed by atoms with E-state index in [1.807, 2.05) is 23.5 Å². The number of rotatable bonds is 22. The maximum Gasteiger partial charge on any atom is 0.312 e. The lowest BCUT2D eigenvalue weighted by Gasteiger charge is -2.65. The molecule has 15 unspecified atom stereocenters. The molecule has 10 N–H and O–H groups in total. The predicted molar refractivity (Wildman–Crippen MR) is 510 cm³/mol. The summed E-state index contributed by atoms with van der Waals surface area (Å²) in [5, 5.41) is 101. The molecule has 24 bridgehead atoms. The van der Waals surface area contributed by atoms with Crippen molar-refractivity contribution in [3.8, 4) is 0 Å². The lowest BCUT2D eigenvalue weighted by molar-refractivity contribution is -0.375. The van der Waals surface area contributed by atoms with Crippen molar-refractivity contribution in [3.63, 3.8) is 0 Å². The number of aliphatic carboxylic acids is 4. The summed E-state index contributed by atoms with van der Waals surface area (Å²) >= 11 is 3.89. The highest BCUT2D eigenvalue weighted by atomic mass is 32.2. The van der Waals surface area contributed by atoms with Crippen molar-refractivity contribution < 1.29 is 156 Å². The normalized spacial score (nSPS) is 50.9. The lowest BCUT2D eigenvalue weighted by atomic mass is 9.47. The minimum Gasteiger partial charge on any atom is -0.481 e. The van der Waals surface area contributed by atoms with Crippen LogP contribution in [0.15, 0.2) is 0 Å². The molecule has 4 aliphatic heterocycles. The number of carboxylic acids is 4. The fraction of sp³-hybridized carbons (Fsp3) is 0.909. The zero-order chi connectivity index (χ0) is 100. The van der Waals surface area contributed by atoms with Gasteiger partial charge in [0.15, 0.2) is 17.4 Å². The van der Waals surface area contributed by atoms with Gasteiger partial charge in [0, 0.05) is 52.9 Å². The number of carboxylic acid groups (broad SMARTS) is 4. The minimum atomic E-state index is -0.950. The van der Waals surface area contributed by atoms with Crippen molar-refractivity contribution in [2.24, 2.45) is 162 Å². The second-order valence-corrected chi connectivity index (χ2v) is 55.9. The minimum absolute atomic E-state index is 0.0179. The number of thioether (sulfide) groups is 2. The summed E-state index contributed by atoms with van der Waals surface area (Å²) < 4.78 is 73.8. The Kier molecular flexibility index (Phi) is 27.1. The van der Waals surface area contributed by atoms with E-state index in [4.69, 9.17) is 56.8 Å². The van der Waals surface area contributed by atoms with Gasteiger partial charge in [-0.1, -0.05) is 0 Å². The van der Waals surface area contributed by atoms with Gasteiger partial charge in [-0.3, -0.25) is 47.9 Å². The maximum absolute atomic E-state index is 14.1. The standard InChI is InChI=1S/C38H52O8S2.C29H42O10.C22H32O7.C21H30O7/c39-29(40)33-5-22-3-27(14-33)38(28(4-22)15-33)47-20-32(21-48-38,18-45-30(41)34-6-23-1-24(7-34)11-36(43,10-23)16-34)19-46-31(42)35-8-25-2-26(9-35)13-37(44,12-25)17-35;30-21-5-1-17(2-6-21)25(32)36-14-23-24(15-37-26(33)18-3-7-22(31)8-4-18)39-29(38-23)19-9-16-10-20(29)13-28(11-16,12-19)27(34)35;23-18-3-1-15(2-4-18)19(24)27-10-14-11-28-22(29-12-14)16-5-13-6-17(22)9-21(7-13,8-16)20(25)26;22-16-3-1-13(2-4-16)18(23)26-10-17-11-27-21(28-17)14-5-12-6-15(21)9-20(7-12,8-14)19(24)25/h22-28,43-44H,1-21H2,(H,39,40);16-24,30-31H,1-15H2,(H,34,35);13-18,23H,1-12H2,(H,25,26);12-17,22H,1-11H2,(H,24,25). The SMILES string of the molecule is O=C(O)C12CC3CC(C1)C1(SCC(COC(=O)C45CC6CC(CC(O)(C6)C4)C5)(COC(=O)C45CC6CC(CC(O)(C6)C4)C5)CS1)C(C3)C2.O=C(OCC1COC2(O1)C1CC3CC2CC(C(=O)O)(C3)C1)C1CCC(O)CC1.O=C(OCC1COC2(OC1)C1CC3CC2CC(C(=O)O)(C3)C1)C1CCC(O)CC1.O=C(OCC1OC2(OC1COC(=O)C1CCC(O)CC1)C1CC3CC2CC(C(=O)O)(C3)C1)C1CCC(O)CC1. The van der Waals surface area contributed by atoms with Gasteiger partial charge in [-0.2, -0.15) is 0 Å². The fourth-order valence-electron chi connectivity index (χ4n) is 37.7. The van der Waals surface area contributed by atoms with Gasteiger partial charge in [0.05, 0.1) is 128 Å². The third-order valence-corrected chi connectivity index (χ3v) is 47.5. The number of aliphatic hydroxyl groups excluding tert-OH is 4. The number of aliphatic hydroxyl groups is 6. The Labute approximate surface area is 851 Å². The quantitative estimate of drug-likeness (QED) is 0.0355. The summed E-state index contributed by atoms with van der Waals surface area (Å²) in [4.78, 5) is 127. The van der Waals surface area contributed by atoms with Crippen LogP contribution in [0.1, 0.15) is 308 Å². The van der Waals surface area contributed by atoms with Crippen LogP contribution in [0, 0.1) is 162 Å². The third kappa shape index (κ3) is 18.5. The highest BCUT2D eigenvalue weighted by Gasteiger charge is 2.75. The third-order valence-electron chi connectivity index (χ3n) is 43.1. The highest BCUT2D eigenvalue weighted by molar-refractivity contribution is 8.18. The molecule has 4 saturated heterocycles. The van der Waals surface area contributed by atoms with Crippen LogP contribution in [0.25, 0.3) is 0 Å². The average molecular weight is 2050 g/mol. The average Bonchev–Trinajstić information content (AvgIpc) is 1.38. The summed E-state index contributed by atoms with van der Waals surface area (Å²) in [5.74, 6) is -1.07. The van der Waals surface area contributed by atoms with Crippen LogP contribution < -0.4 is 0 Å². The Balaban J connectivity index is 0.000000109. The Morgan fingerprint density at radius 1 is 0.285 bits per heavy atom. The van der Waals surface area contributed by atoms with Gasteiger partial charge in [0.1, 0.15) is 51.3 Å². The molecule has 32 fully saturated rings. The summed E-state index contributed by atoms with van der Waals surface area (Å²) in [5.41, 5.74) is -5.68. The summed E-state index contributed by atoms with van der Waals surface area (Å²) in [6.45, 7) is 2.22. The molecular weight excluding hydrogens is 1900 g/mol. The van der Waals surface area contributed by atoms with Crippen LogP contribution >= 0.6 is 23.5 Å². The number of esters is 6. The molecular formula is C110H156O32S2. The molecule has 28 saturated carbocycles. The van der Waals surface area contributed by atoms with E-state index in [0.29, 0.717) is 258 Å². The zero-order valence-corrected chi connectivity index (χ0v) is 85.3. The van der Waals surface area contributed by atoms with Crippen LogP contribution in [-0.2, 0) is 105 Å². The van der Waals surface area contributed by atoms with Crippen molar-refractivity contribution in [1.82, 2.24) is 0 Å². The molecule has 32 nitrogen and oxygen atoms in total. The van der Waals surface area contributed by atoms with Gasteiger partial charge < -0.3 is 108 Å². The van der Waals surface area contributed by atoms with E-state index in [1.54, 1.807) is 0 Å². The molecule has 800 valence electrons. The zero-order valence-electron chi connectivity index (χ0n) is 83.7. The van der Waals surface area contributed by atoms with E-state index in [1.165, 1.54) is 0 Å². The molecule has 0 amide bonds. The molecule has 34 heteroatoms. The molecule has 4 heterocycles. The Bertz CT molecular complexity index is 4640. The highest BCUT2D eigenvalue weighted by Crippen LogP contribution is 2.75. The van der Waals surface area contributed by atoms with E-state index in [2.05, 4.69) is 0 Å².